The van der Waals surface area contributed by atoms with Crippen LogP contribution < -0.4 is 0 Å². The molecule has 3 aromatic rings. The van der Waals surface area contributed by atoms with Gasteiger partial charge >= 0.3 is 0 Å². The minimum Gasteiger partial charge on any atom is -0.339 e. The van der Waals surface area contributed by atoms with Gasteiger partial charge in [0.25, 0.3) is 5.91 Å². The molecule has 5 rings (SSSR count). The van der Waals surface area contributed by atoms with Crippen LogP contribution in [0.3, 0.4) is 0 Å². The third-order valence-corrected chi connectivity index (χ3v) is 6.46. The molecule has 0 saturated carbocycles. The summed E-state index contributed by atoms with van der Waals surface area (Å²) in [7, 11) is 0. The van der Waals surface area contributed by atoms with Crippen LogP contribution in [0.25, 0.3) is 11.1 Å². The van der Waals surface area contributed by atoms with E-state index in [-0.39, 0.29) is 23.4 Å². The molecule has 2 aliphatic rings. The highest BCUT2D eigenvalue weighted by molar-refractivity contribution is 6.22. The summed E-state index contributed by atoms with van der Waals surface area (Å²) >= 11 is 0. The van der Waals surface area contributed by atoms with Crippen molar-refractivity contribution in [2.24, 2.45) is 5.92 Å². The second kappa shape index (κ2) is 7.62. The first-order valence-electron chi connectivity index (χ1n) is 10.7. The lowest BCUT2D eigenvalue weighted by atomic mass is 9.88. The molecule has 4 heteroatoms. The van der Waals surface area contributed by atoms with Gasteiger partial charge in [0.05, 0.1) is 0 Å². The van der Waals surface area contributed by atoms with Crippen LogP contribution in [0.5, 0.6) is 0 Å². The Bertz CT molecular complexity index is 1200. The van der Waals surface area contributed by atoms with Crippen LogP contribution in [0, 0.1) is 12.8 Å². The molecular formula is C27H23NO3. The van der Waals surface area contributed by atoms with Crippen molar-refractivity contribution in [2.45, 2.75) is 19.8 Å². The van der Waals surface area contributed by atoms with Gasteiger partial charge in [-0.05, 0) is 43.0 Å². The van der Waals surface area contributed by atoms with Crippen molar-refractivity contribution in [1.82, 2.24) is 4.90 Å². The zero-order valence-corrected chi connectivity index (χ0v) is 17.4. The van der Waals surface area contributed by atoms with Gasteiger partial charge in [-0.3, -0.25) is 14.4 Å². The van der Waals surface area contributed by atoms with E-state index in [0.29, 0.717) is 42.6 Å². The Kier molecular flexibility index (Phi) is 4.78. The Morgan fingerprint density at radius 2 is 1.39 bits per heavy atom. The van der Waals surface area contributed by atoms with Gasteiger partial charge in [0.15, 0.2) is 11.6 Å². The van der Waals surface area contributed by atoms with E-state index in [4.69, 9.17) is 0 Å². The number of likely N-dealkylation sites (tertiary alicyclic amines) is 1. The van der Waals surface area contributed by atoms with Crippen molar-refractivity contribution < 1.29 is 14.4 Å². The lowest BCUT2D eigenvalue weighted by molar-refractivity contribution is 0.0650. The quantitative estimate of drug-likeness (QED) is 0.450. The molecule has 1 amide bonds. The monoisotopic (exact) mass is 409 g/mol. The summed E-state index contributed by atoms with van der Waals surface area (Å²) in [6.07, 6.45) is 1.32. The van der Waals surface area contributed by atoms with Crippen molar-refractivity contribution >= 4 is 17.5 Å². The van der Waals surface area contributed by atoms with Gasteiger partial charge in [0, 0.05) is 41.3 Å². The van der Waals surface area contributed by atoms with Gasteiger partial charge in [-0.1, -0.05) is 60.2 Å². The number of ketones is 2. The first kappa shape index (κ1) is 19.4. The standard InChI is InChI=1S/C27H23NO3/c1-17-6-8-18(9-7-17)25(29)19-12-14-28(15-13-19)27(31)20-10-11-22-21-4-2-3-5-23(21)26(30)24(22)16-20/h2-11,16,19H,12-15H2,1H3. The summed E-state index contributed by atoms with van der Waals surface area (Å²) in [5, 5.41) is 0. The molecule has 0 N–H and O–H groups in total. The predicted octanol–water partition coefficient (Wildman–Crippen LogP) is 4.94. The molecule has 4 nitrogen and oxygen atoms in total. The molecule has 0 radical (unpaired) electrons. The number of hydrogen-bond donors (Lipinski definition) is 0. The number of carbonyl (C=O) groups is 3. The second-order valence-electron chi connectivity index (χ2n) is 8.43. The van der Waals surface area contributed by atoms with E-state index < -0.39 is 0 Å². The van der Waals surface area contributed by atoms with E-state index in [1.54, 1.807) is 17.0 Å². The summed E-state index contributed by atoms with van der Waals surface area (Å²) in [6, 6.07) is 20.6. The van der Waals surface area contributed by atoms with Crippen molar-refractivity contribution in [3.05, 3.63) is 94.5 Å². The smallest absolute Gasteiger partial charge is 0.253 e. The number of rotatable bonds is 3. The maximum atomic E-state index is 13.1. The molecule has 0 atom stereocenters. The average Bonchev–Trinajstić information content (AvgIpc) is 3.10. The average molecular weight is 409 g/mol. The number of nitrogens with zero attached hydrogens (tertiary/aromatic N) is 1. The van der Waals surface area contributed by atoms with E-state index in [1.807, 2.05) is 61.5 Å². The molecule has 1 saturated heterocycles. The highest BCUT2D eigenvalue weighted by Gasteiger charge is 2.31. The fourth-order valence-corrected chi connectivity index (χ4v) is 4.64. The fraction of sp³-hybridized carbons (Fsp3) is 0.222. The molecule has 0 unspecified atom stereocenters. The van der Waals surface area contributed by atoms with Gasteiger partial charge in [-0.15, -0.1) is 0 Å². The molecule has 1 aliphatic carbocycles. The largest absolute Gasteiger partial charge is 0.339 e. The molecule has 1 heterocycles. The van der Waals surface area contributed by atoms with E-state index in [9.17, 15) is 14.4 Å². The Labute approximate surface area is 181 Å². The highest BCUT2D eigenvalue weighted by atomic mass is 16.2. The van der Waals surface area contributed by atoms with Crippen molar-refractivity contribution in [1.29, 1.82) is 0 Å². The molecule has 3 aromatic carbocycles. The lowest BCUT2D eigenvalue weighted by Crippen LogP contribution is -2.40. The topological polar surface area (TPSA) is 54.5 Å². The third-order valence-electron chi connectivity index (χ3n) is 6.46. The molecule has 0 bridgehead atoms. The van der Waals surface area contributed by atoms with Crippen LogP contribution in [0.15, 0.2) is 66.7 Å². The number of Topliss-reactive ketones (excluding diaryl/α,β-unsaturated/α-hetero) is 1. The molecule has 1 fully saturated rings. The van der Waals surface area contributed by atoms with Gasteiger partial charge in [0.2, 0.25) is 0 Å². The zero-order chi connectivity index (χ0) is 21.5. The van der Waals surface area contributed by atoms with E-state index >= 15 is 0 Å². The fourth-order valence-electron chi connectivity index (χ4n) is 4.64. The van der Waals surface area contributed by atoms with Gasteiger partial charge in [-0.2, -0.15) is 0 Å². The molecule has 0 spiro atoms. The van der Waals surface area contributed by atoms with Crippen molar-refractivity contribution in [2.75, 3.05) is 13.1 Å². The molecular weight excluding hydrogens is 386 g/mol. The van der Waals surface area contributed by atoms with Gasteiger partial charge < -0.3 is 4.90 Å². The number of benzene rings is 3. The van der Waals surface area contributed by atoms with Crippen LogP contribution in [0.2, 0.25) is 0 Å². The van der Waals surface area contributed by atoms with Crippen LogP contribution in [-0.2, 0) is 0 Å². The van der Waals surface area contributed by atoms with E-state index in [1.165, 1.54) is 0 Å². The maximum absolute atomic E-state index is 13.1. The van der Waals surface area contributed by atoms with Crippen LogP contribution in [0.1, 0.15) is 55.0 Å². The Morgan fingerprint density at radius 3 is 2.10 bits per heavy atom. The predicted molar refractivity (Wildman–Crippen MR) is 119 cm³/mol. The third kappa shape index (κ3) is 3.38. The van der Waals surface area contributed by atoms with Gasteiger partial charge in [-0.25, -0.2) is 0 Å². The summed E-state index contributed by atoms with van der Waals surface area (Å²) in [5.41, 5.74) is 5.51. The summed E-state index contributed by atoms with van der Waals surface area (Å²) in [5.74, 6) is 0.00582. The number of carbonyl (C=O) groups excluding carboxylic acids is 3. The molecule has 1 aliphatic heterocycles. The van der Waals surface area contributed by atoms with Gasteiger partial charge in [0.1, 0.15) is 0 Å². The molecule has 31 heavy (non-hydrogen) atoms. The SMILES string of the molecule is Cc1ccc(C(=O)C2CCN(C(=O)c3ccc4c(c3)C(=O)c3ccccc3-4)CC2)cc1. The summed E-state index contributed by atoms with van der Waals surface area (Å²) in [4.78, 5) is 40.4. The Balaban J connectivity index is 1.29. The number of fused-ring (bicyclic) bond motifs is 3. The molecule has 154 valence electrons. The minimum atomic E-state index is -0.0761. The normalized spacial score (nSPS) is 15.5. The van der Waals surface area contributed by atoms with Crippen LogP contribution in [-0.4, -0.2) is 35.5 Å². The number of hydrogen-bond acceptors (Lipinski definition) is 3. The number of piperidine rings is 1. The van der Waals surface area contributed by atoms with Crippen LogP contribution in [0.4, 0.5) is 0 Å². The summed E-state index contributed by atoms with van der Waals surface area (Å²) in [6.45, 7) is 3.10. The van der Waals surface area contributed by atoms with Crippen molar-refractivity contribution in [3.8, 4) is 11.1 Å². The van der Waals surface area contributed by atoms with Crippen LogP contribution >= 0.6 is 0 Å². The second-order valence-corrected chi connectivity index (χ2v) is 8.43. The van der Waals surface area contributed by atoms with E-state index in [0.717, 1.165) is 22.3 Å². The highest BCUT2D eigenvalue weighted by Crippen LogP contribution is 2.37. The number of amides is 1. The molecule has 0 aromatic heterocycles. The summed E-state index contributed by atoms with van der Waals surface area (Å²) < 4.78 is 0. The van der Waals surface area contributed by atoms with E-state index in [2.05, 4.69) is 0 Å². The zero-order valence-electron chi connectivity index (χ0n) is 17.4. The first-order valence-corrected chi connectivity index (χ1v) is 10.7. The Hall–Kier alpha value is -3.53. The lowest BCUT2D eigenvalue weighted by Gasteiger charge is -2.31. The Morgan fingerprint density at radius 1 is 0.774 bits per heavy atom. The van der Waals surface area contributed by atoms with Crippen molar-refractivity contribution in [3.63, 3.8) is 0 Å². The minimum absolute atomic E-state index is 0.0253. The maximum Gasteiger partial charge on any atom is 0.253 e. The number of aryl methyl sites for hydroxylation is 1. The first-order chi connectivity index (χ1) is 15.0.